The van der Waals surface area contributed by atoms with Crippen LogP contribution in [-0.4, -0.2) is 0 Å². The molecule has 0 saturated heterocycles. The number of benzene rings is 3. The summed E-state index contributed by atoms with van der Waals surface area (Å²) in [5.41, 5.74) is 2.66. The minimum atomic E-state index is -0.515. The van der Waals surface area contributed by atoms with Gasteiger partial charge in [-0.15, -0.1) is 0 Å². The Balaban J connectivity index is 1.93. The molecular formula is C24H17Cl2FO3. The molecule has 4 aromatic rings. The Kier molecular flexibility index (Phi) is 5.54. The minimum absolute atomic E-state index is 0.0434. The molecule has 0 radical (unpaired) electrons. The summed E-state index contributed by atoms with van der Waals surface area (Å²) in [5, 5.41) is 0.993. The molecule has 1 aromatic heterocycles. The molecule has 4 rings (SSSR count). The summed E-state index contributed by atoms with van der Waals surface area (Å²) in [5.74, 6) is -0.370. The molecule has 0 atom stereocenters. The van der Waals surface area contributed by atoms with Crippen molar-refractivity contribution >= 4 is 34.2 Å². The standard InChI is InChI=1S/C24H17Cl2FO3/c1-13-10-16-21(11-14(13)2)30-23(15-6-3-4-7-18(15)25)24(22(16)28)29-12-17-19(26)8-5-9-20(17)27/h3-11H,12H2,1-2H3. The maximum atomic E-state index is 14.2. The second-order valence-electron chi connectivity index (χ2n) is 6.99. The minimum Gasteiger partial charge on any atom is -0.481 e. The molecule has 0 fully saturated rings. The van der Waals surface area contributed by atoms with Gasteiger partial charge in [-0.2, -0.15) is 0 Å². The quantitative estimate of drug-likeness (QED) is 0.338. The lowest BCUT2D eigenvalue weighted by molar-refractivity contribution is 0.292. The van der Waals surface area contributed by atoms with Crippen LogP contribution in [0.3, 0.4) is 0 Å². The number of hydrogen-bond acceptors (Lipinski definition) is 3. The number of aryl methyl sites for hydroxylation is 2. The van der Waals surface area contributed by atoms with Crippen molar-refractivity contribution in [3.05, 3.63) is 97.4 Å². The Hall–Kier alpha value is -2.82. The van der Waals surface area contributed by atoms with Crippen molar-refractivity contribution in [1.29, 1.82) is 0 Å². The summed E-state index contributed by atoms with van der Waals surface area (Å²) in [7, 11) is 0. The van der Waals surface area contributed by atoms with E-state index in [2.05, 4.69) is 0 Å². The average Bonchev–Trinajstić information content (AvgIpc) is 2.71. The van der Waals surface area contributed by atoms with Gasteiger partial charge < -0.3 is 9.15 Å². The highest BCUT2D eigenvalue weighted by molar-refractivity contribution is 6.33. The first-order valence-corrected chi connectivity index (χ1v) is 10.0. The maximum absolute atomic E-state index is 14.2. The third-order valence-electron chi connectivity index (χ3n) is 5.01. The summed E-state index contributed by atoms with van der Waals surface area (Å²) in [6.45, 7) is 3.62. The third-order valence-corrected chi connectivity index (χ3v) is 5.69. The van der Waals surface area contributed by atoms with Crippen molar-refractivity contribution in [2.45, 2.75) is 20.5 Å². The molecule has 0 aliphatic carbocycles. The van der Waals surface area contributed by atoms with Gasteiger partial charge in [0.05, 0.1) is 15.4 Å². The van der Waals surface area contributed by atoms with Gasteiger partial charge in [-0.25, -0.2) is 4.39 Å². The lowest BCUT2D eigenvalue weighted by atomic mass is 10.0. The first-order valence-electron chi connectivity index (χ1n) is 9.25. The molecule has 3 nitrogen and oxygen atoms in total. The monoisotopic (exact) mass is 442 g/mol. The van der Waals surface area contributed by atoms with Gasteiger partial charge in [0.2, 0.25) is 11.2 Å². The Bertz CT molecular complexity index is 1310. The van der Waals surface area contributed by atoms with E-state index in [1.165, 1.54) is 12.1 Å². The van der Waals surface area contributed by atoms with Crippen molar-refractivity contribution in [2.75, 3.05) is 0 Å². The van der Waals surface area contributed by atoms with E-state index in [0.29, 0.717) is 21.6 Å². The van der Waals surface area contributed by atoms with Crippen molar-refractivity contribution in [3.8, 4) is 17.1 Å². The molecule has 0 bridgehead atoms. The van der Waals surface area contributed by atoms with Crippen LogP contribution in [0.4, 0.5) is 4.39 Å². The van der Waals surface area contributed by atoms with Crippen molar-refractivity contribution < 1.29 is 13.5 Å². The molecule has 0 saturated carbocycles. The molecule has 6 heteroatoms. The second kappa shape index (κ2) is 8.13. The van der Waals surface area contributed by atoms with E-state index in [0.717, 1.165) is 11.1 Å². The largest absolute Gasteiger partial charge is 0.481 e. The van der Waals surface area contributed by atoms with Crippen LogP contribution in [0, 0.1) is 19.7 Å². The van der Waals surface area contributed by atoms with Crippen LogP contribution in [0.5, 0.6) is 5.75 Å². The summed E-state index contributed by atoms with van der Waals surface area (Å²) < 4.78 is 26.1. The van der Waals surface area contributed by atoms with Crippen LogP contribution in [-0.2, 0) is 6.61 Å². The van der Waals surface area contributed by atoms with Crippen LogP contribution in [0.25, 0.3) is 22.3 Å². The number of fused-ring (bicyclic) bond motifs is 1. The van der Waals surface area contributed by atoms with E-state index in [4.69, 9.17) is 32.4 Å². The van der Waals surface area contributed by atoms with E-state index >= 15 is 0 Å². The predicted molar refractivity (Wildman–Crippen MR) is 118 cm³/mol. The molecule has 0 amide bonds. The molecule has 3 aromatic carbocycles. The SMILES string of the molecule is Cc1cc2oc(-c3ccccc3Cl)c(OCc3c(F)cccc3Cl)c(=O)c2cc1C. The molecule has 152 valence electrons. The number of ether oxygens (including phenoxy) is 1. The molecule has 0 unspecified atom stereocenters. The van der Waals surface area contributed by atoms with Gasteiger partial charge in [-0.1, -0.05) is 41.4 Å². The van der Waals surface area contributed by atoms with Gasteiger partial charge >= 0.3 is 0 Å². The maximum Gasteiger partial charge on any atom is 0.235 e. The van der Waals surface area contributed by atoms with Gasteiger partial charge in [0.1, 0.15) is 18.0 Å². The summed E-state index contributed by atoms with van der Waals surface area (Å²) in [6, 6.07) is 14.9. The summed E-state index contributed by atoms with van der Waals surface area (Å²) >= 11 is 12.5. The lowest BCUT2D eigenvalue weighted by Gasteiger charge is -2.14. The second-order valence-corrected chi connectivity index (χ2v) is 7.81. The number of halogens is 3. The zero-order valence-corrected chi connectivity index (χ0v) is 17.8. The van der Waals surface area contributed by atoms with Gasteiger partial charge in [0.25, 0.3) is 0 Å². The third kappa shape index (κ3) is 3.69. The van der Waals surface area contributed by atoms with Gasteiger partial charge in [0.15, 0.2) is 5.76 Å². The van der Waals surface area contributed by atoms with Gasteiger partial charge in [0, 0.05) is 11.1 Å². The van der Waals surface area contributed by atoms with E-state index in [1.54, 1.807) is 36.4 Å². The fraction of sp³-hybridized carbons (Fsp3) is 0.125. The zero-order chi connectivity index (χ0) is 21.4. The molecule has 1 heterocycles. The Morgan fingerprint density at radius 1 is 0.967 bits per heavy atom. The van der Waals surface area contributed by atoms with Crippen LogP contribution in [0.1, 0.15) is 16.7 Å². The Morgan fingerprint density at radius 2 is 1.67 bits per heavy atom. The molecule has 0 N–H and O–H groups in total. The van der Waals surface area contributed by atoms with Crippen LogP contribution in [0.2, 0.25) is 10.0 Å². The number of rotatable bonds is 4. The topological polar surface area (TPSA) is 39.4 Å². The van der Waals surface area contributed by atoms with E-state index in [1.807, 2.05) is 19.9 Å². The van der Waals surface area contributed by atoms with E-state index in [9.17, 15) is 9.18 Å². The predicted octanol–water partition coefficient (Wildman–Crippen LogP) is 7.10. The van der Waals surface area contributed by atoms with E-state index < -0.39 is 5.82 Å². The molecular weight excluding hydrogens is 426 g/mol. The summed E-state index contributed by atoms with van der Waals surface area (Å²) in [4.78, 5) is 13.3. The number of hydrogen-bond donors (Lipinski definition) is 0. The summed E-state index contributed by atoms with van der Waals surface area (Å²) in [6.07, 6.45) is 0. The van der Waals surface area contributed by atoms with Crippen LogP contribution in [0.15, 0.2) is 63.8 Å². The highest BCUT2D eigenvalue weighted by Gasteiger charge is 2.21. The highest BCUT2D eigenvalue weighted by atomic mass is 35.5. The van der Waals surface area contributed by atoms with Crippen LogP contribution < -0.4 is 10.2 Å². The first kappa shape index (κ1) is 20.5. The van der Waals surface area contributed by atoms with Crippen molar-refractivity contribution in [3.63, 3.8) is 0 Å². The van der Waals surface area contributed by atoms with Gasteiger partial charge in [-0.3, -0.25) is 4.79 Å². The Morgan fingerprint density at radius 3 is 2.40 bits per heavy atom. The molecule has 0 spiro atoms. The highest BCUT2D eigenvalue weighted by Crippen LogP contribution is 2.36. The van der Waals surface area contributed by atoms with E-state index in [-0.39, 0.29) is 34.1 Å². The molecule has 30 heavy (non-hydrogen) atoms. The van der Waals surface area contributed by atoms with Crippen LogP contribution >= 0.6 is 23.2 Å². The Labute approximate surface area is 182 Å². The average molecular weight is 443 g/mol. The molecule has 0 aliphatic heterocycles. The normalized spacial score (nSPS) is 11.1. The fourth-order valence-electron chi connectivity index (χ4n) is 3.20. The van der Waals surface area contributed by atoms with Gasteiger partial charge in [-0.05, 0) is 61.4 Å². The smallest absolute Gasteiger partial charge is 0.235 e. The first-order chi connectivity index (χ1) is 14.4. The fourth-order valence-corrected chi connectivity index (χ4v) is 3.64. The van der Waals surface area contributed by atoms with Crippen molar-refractivity contribution in [1.82, 2.24) is 0 Å². The molecule has 0 aliphatic rings. The lowest BCUT2D eigenvalue weighted by Crippen LogP contribution is -2.11. The zero-order valence-electron chi connectivity index (χ0n) is 16.3. The van der Waals surface area contributed by atoms with Crippen molar-refractivity contribution in [2.24, 2.45) is 0 Å².